The zero-order valence-corrected chi connectivity index (χ0v) is 11.4. The molecule has 0 fully saturated rings. The maximum atomic E-state index is 11.4. The normalized spacial score (nSPS) is 14.1. The summed E-state index contributed by atoms with van der Waals surface area (Å²) in [4.78, 5) is 21.9. The summed E-state index contributed by atoms with van der Waals surface area (Å²) in [6, 6.07) is 3.18. The Balaban J connectivity index is 2.37. The molecule has 106 valence electrons. The lowest BCUT2D eigenvalue weighted by Gasteiger charge is -2.17. The molecule has 0 spiro atoms. The number of non-ortho nitro benzene ring substituents is 1. The lowest BCUT2D eigenvalue weighted by atomic mass is 9.87. The molecule has 0 bridgehead atoms. The van der Waals surface area contributed by atoms with Crippen LogP contribution in [0.15, 0.2) is 18.2 Å². The van der Waals surface area contributed by atoms with Crippen LogP contribution < -0.4 is 0 Å². The number of nitro benzene ring substituents is 1. The number of carbonyl (C=O) groups is 1. The van der Waals surface area contributed by atoms with Gasteiger partial charge in [-0.2, -0.15) is 0 Å². The molecular weight excluding hydrogens is 258 g/mol. The van der Waals surface area contributed by atoms with Gasteiger partial charge >= 0.3 is 5.97 Å². The molecular formula is C15H17NO4. The van der Waals surface area contributed by atoms with Crippen LogP contribution in [-0.4, -0.2) is 17.5 Å². The van der Waals surface area contributed by atoms with Crippen molar-refractivity contribution >= 4 is 17.7 Å². The summed E-state index contributed by atoms with van der Waals surface area (Å²) in [5.41, 5.74) is 2.97. The topological polar surface area (TPSA) is 69.4 Å². The molecule has 20 heavy (non-hydrogen) atoms. The number of rotatable bonds is 4. The second kappa shape index (κ2) is 6.32. The maximum absolute atomic E-state index is 11.4. The van der Waals surface area contributed by atoms with Crippen molar-refractivity contribution in [2.75, 3.05) is 6.61 Å². The molecule has 1 aromatic carbocycles. The Morgan fingerprint density at radius 1 is 1.40 bits per heavy atom. The maximum Gasteiger partial charge on any atom is 0.330 e. The number of hydrogen-bond acceptors (Lipinski definition) is 4. The predicted octanol–water partition coefficient (Wildman–Crippen LogP) is 3.05. The van der Waals surface area contributed by atoms with Crippen molar-refractivity contribution in [2.45, 2.75) is 32.6 Å². The van der Waals surface area contributed by atoms with Gasteiger partial charge in [-0.05, 0) is 55.4 Å². The smallest absolute Gasteiger partial charge is 0.330 e. The number of carbonyl (C=O) groups excluding carboxylic acids is 1. The molecule has 5 nitrogen and oxygen atoms in total. The van der Waals surface area contributed by atoms with Crippen LogP contribution in [0.4, 0.5) is 5.69 Å². The first-order valence-electron chi connectivity index (χ1n) is 6.77. The zero-order valence-electron chi connectivity index (χ0n) is 11.4. The van der Waals surface area contributed by atoms with Crippen LogP contribution in [0.2, 0.25) is 0 Å². The molecule has 0 aliphatic heterocycles. The lowest BCUT2D eigenvalue weighted by Crippen LogP contribution is -2.06. The summed E-state index contributed by atoms with van der Waals surface area (Å²) in [6.45, 7) is 2.05. The van der Waals surface area contributed by atoms with Gasteiger partial charge < -0.3 is 4.74 Å². The van der Waals surface area contributed by atoms with Crippen molar-refractivity contribution in [3.8, 4) is 0 Å². The Morgan fingerprint density at radius 3 is 2.85 bits per heavy atom. The third kappa shape index (κ3) is 3.23. The molecule has 0 heterocycles. The molecule has 0 atom stereocenters. The van der Waals surface area contributed by atoms with Crippen molar-refractivity contribution in [1.82, 2.24) is 0 Å². The molecule has 0 radical (unpaired) electrons. The van der Waals surface area contributed by atoms with Crippen molar-refractivity contribution in [3.05, 3.63) is 45.0 Å². The monoisotopic (exact) mass is 275 g/mol. The van der Waals surface area contributed by atoms with E-state index < -0.39 is 10.9 Å². The van der Waals surface area contributed by atoms with E-state index in [4.69, 9.17) is 4.74 Å². The van der Waals surface area contributed by atoms with Gasteiger partial charge in [-0.1, -0.05) is 0 Å². The van der Waals surface area contributed by atoms with Crippen LogP contribution in [0.3, 0.4) is 0 Å². The van der Waals surface area contributed by atoms with E-state index >= 15 is 0 Å². The summed E-state index contributed by atoms with van der Waals surface area (Å²) < 4.78 is 4.83. The third-order valence-corrected chi connectivity index (χ3v) is 3.38. The van der Waals surface area contributed by atoms with Crippen molar-refractivity contribution in [2.24, 2.45) is 0 Å². The van der Waals surface area contributed by atoms with E-state index in [1.165, 1.54) is 12.1 Å². The number of nitro groups is 1. The average Bonchev–Trinajstić information content (AvgIpc) is 2.44. The molecule has 1 aromatic rings. The fraction of sp³-hybridized carbons (Fsp3) is 0.400. The van der Waals surface area contributed by atoms with Gasteiger partial charge in [0.15, 0.2) is 0 Å². The number of fused-ring (bicyclic) bond motifs is 1. The molecule has 0 saturated heterocycles. The molecule has 0 N–H and O–H groups in total. The van der Waals surface area contributed by atoms with E-state index in [2.05, 4.69) is 0 Å². The second-order valence-corrected chi connectivity index (χ2v) is 4.72. The molecule has 5 heteroatoms. The fourth-order valence-corrected chi connectivity index (χ4v) is 2.49. The summed E-state index contributed by atoms with van der Waals surface area (Å²) in [5.74, 6) is -0.427. The van der Waals surface area contributed by atoms with Gasteiger partial charge in [0.05, 0.1) is 11.5 Å². The number of hydrogen-bond donors (Lipinski definition) is 0. The van der Waals surface area contributed by atoms with Crippen LogP contribution in [0, 0.1) is 10.1 Å². The summed E-state index contributed by atoms with van der Waals surface area (Å²) >= 11 is 0. The van der Waals surface area contributed by atoms with Gasteiger partial charge in [0, 0.05) is 18.2 Å². The van der Waals surface area contributed by atoms with E-state index in [9.17, 15) is 14.9 Å². The Hall–Kier alpha value is -2.17. The van der Waals surface area contributed by atoms with Crippen LogP contribution in [0.25, 0.3) is 6.08 Å². The standard InChI is InChI=1S/C15H17NO4/c1-2-20-15(17)8-7-12-10-13(16(18)19)9-11-5-3-4-6-14(11)12/h7-10H,2-6H2,1H3/b8-7+. The highest BCUT2D eigenvalue weighted by Crippen LogP contribution is 2.29. The fourth-order valence-electron chi connectivity index (χ4n) is 2.49. The van der Waals surface area contributed by atoms with E-state index in [1.54, 1.807) is 19.1 Å². The lowest BCUT2D eigenvalue weighted by molar-refractivity contribution is -0.385. The van der Waals surface area contributed by atoms with E-state index in [-0.39, 0.29) is 5.69 Å². The van der Waals surface area contributed by atoms with Crippen LogP contribution in [-0.2, 0) is 22.4 Å². The molecule has 0 aromatic heterocycles. The number of aryl methyl sites for hydroxylation is 1. The third-order valence-electron chi connectivity index (χ3n) is 3.38. The number of esters is 1. The molecule has 0 amide bonds. The zero-order chi connectivity index (χ0) is 14.5. The number of benzene rings is 1. The van der Waals surface area contributed by atoms with Crippen LogP contribution in [0.1, 0.15) is 36.5 Å². The Bertz CT molecular complexity index is 563. The van der Waals surface area contributed by atoms with E-state index in [0.29, 0.717) is 6.61 Å². The summed E-state index contributed by atoms with van der Waals surface area (Å²) in [6.07, 6.45) is 6.83. The summed E-state index contributed by atoms with van der Waals surface area (Å²) in [5, 5.41) is 11.0. The Kier molecular flexibility index (Phi) is 4.50. The molecule has 2 rings (SSSR count). The molecule has 1 aliphatic carbocycles. The summed E-state index contributed by atoms with van der Waals surface area (Å²) in [7, 11) is 0. The Morgan fingerprint density at radius 2 is 2.15 bits per heavy atom. The highest BCUT2D eigenvalue weighted by molar-refractivity contribution is 5.87. The molecule has 0 saturated carbocycles. The van der Waals surface area contributed by atoms with Crippen molar-refractivity contribution in [1.29, 1.82) is 0 Å². The van der Waals surface area contributed by atoms with E-state index in [1.807, 2.05) is 0 Å². The first kappa shape index (κ1) is 14.2. The van der Waals surface area contributed by atoms with Gasteiger partial charge in [-0.3, -0.25) is 10.1 Å². The highest BCUT2D eigenvalue weighted by atomic mass is 16.6. The quantitative estimate of drug-likeness (QED) is 0.366. The minimum absolute atomic E-state index is 0.0779. The first-order valence-corrected chi connectivity index (χ1v) is 6.77. The van der Waals surface area contributed by atoms with Crippen molar-refractivity contribution < 1.29 is 14.5 Å². The number of nitrogens with zero attached hydrogens (tertiary/aromatic N) is 1. The SMILES string of the molecule is CCOC(=O)/C=C/c1cc([N+](=O)[O-])cc2c1CCCC2. The second-order valence-electron chi connectivity index (χ2n) is 4.72. The van der Waals surface area contributed by atoms with Gasteiger partial charge in [0.1, 0.15) is 0 Å². The molecule has 0 unspecified atom stereocenters. The molecule has 1 aliphatic rings. The van der Waals surface area contributed by atoms with Gasteiger partial charge in [-0.15, -0.1) is 0 Å². The first-order chi connectivity index (χ1) is 9.61. The predicted molar refractivity (Wildman–Crippen MR) is 75.4 cm³/mol. The van der Waals surface area contributed by atoms with Gasteiger partial charge in [-0.25, -0.2) is 4.79 Å². The highest BCUT2D eigenvalue weighted by Gasteiger charge is 2.17. The van der Waals surface area contributed by atoms with Crippen molar-refractivity contribution in [3.63, 3.8) is 0 Å². The average molecular weight is 275 g/mol. The Labute approximate surface area is 117 Å². The minimum atomic E-state index is -0.427. The number of ether oxygens (including phenoxy) is 1. The van der Waals surface area contributed by atoms with Crippen LogP contribution in [0.5, 0.6) is 0 Å². The van der Waals surface area contributed by atoms with E-state index in [0.717, 1.165) is 42.4 Å². The van der Waals surface area contributed by atoms with Crippen LogP contribution >= 0.6 is 0 Å². The van der Waals surface area contributed by atoms with Gasteiger partial charge in [0.2, 0.25) is 0 Å². The van der Waals surface area contributed by atoms with Gasteiger partial charge in [0.25, 0.3) is 5.69 Å². The largest absolute Gasteiger partial charge is 0.463 e. The minimum Gasteiger partial charge on any atom is -0.463 e.